The molecule has 14 heavy (non-hydrogen) atoms. The van der Waals surface area contributed by atoms with Gasteiger partial charge < -0.3 is 5.32 Å². The second-order valence-corrected chi connectivity index (χ2v) is 6.44. The highest BCUT2D eigenvalue weighted by molar-refractivity contribution is 9.10. The van der Waals surface area contributed by atoms with Gasteiger partial charge in [-0.15, -0.1) is 11.3 Å². The fourth-order valence-electron chi connectivity index (χ4n) is 0.867. The van der Waals surface area contributed by atoms with Crippen LogP contribution in [0, 0.1) is 6.92 Å². The number of amides is 1. The lowest BCUT2D eigenvalue weighted by atomic mass is 10.2. The van der Waals surface area contributed by atoms with Crippen LogP contribution in [-0.4, -0.2) is 15.2 Å². The number of carbonyl (C=O) groups is 1. The Morgan fingerprint density at radius 3 is 2.79 bits per heavy atom. The summed E-state index contributed by atoms with van der Waals surface area (Å²) in [5, 5.41) is 2.85. The normalized spacial score (nSPS) is 11.4. The Bertz CT molecular complexity index is 330. The summed E-state index contributed by atoms with van der Waals surface area (Å²) in [6.45, 7) is 6.14. The van der Waals surface area contributed by atoms with Crippen molar-refractivity contribution >= 4 is 33.2 Å². The minimum Gasteiger partial charge on any atom is -0.350 e. The number of carbonyl (C=O) groups excluding carboxylic acids is 1. The van der Waals surface area contributed by atoms with E-state index >= 15 is 0 Å². The Labute approximate surface area is 96.1 Å². The lowest BCUT2D eigenvalue weighted by Gasteiger charge is -2.15. The quantitative estimate of drug-likeness (QED) is 0.861. The highest BCUT2D eigenvalue weighted by Crippen LogP contribution is 2.17. The van der Waals surface area contributed by atoms with E-state index in [9.17, 15) is 4.79 Å². The third-order valence-electron chi connectivity index (χ3n) is 1.79. The number of nitrogens with zero attached hydrogens (tertiary/aromatic N) is 1. The van der Waals surface area contributed by atoms with Crippen molar-refractivity contribution in [1.82, 2.24) is 10.3 Å². The molecule has 3 nitrogen and oxygen atoms in total. The highest BCUT2D eigenvalue weighted by atomic mass is 79.9. The summed E-state index contributed by atoms with van der Waals surface area (Å²) >= 11 is 4.86. The maximum atomic E-state index is 11.5. The molecule has 0 spiro atoms. The first-order valence-corrected chi connectivity index (χ1v) is 5.94. The van der Waals surface area contributed by atoms with Gasteiger partial charge in [0, 0.05) is 4.88 Å². The lowest BCUT2D eigenvalue weighted by Crippen LogP contribution is -2.36. The van der Waals surface area contributed by atoms with Crippen molar-refractivity contribution in [2.75, 3.05) is 0 Å². The number of halogens is 1. The van der Waals surface area contributed by atoms with Crippen LogP contribution >= 0.6 is 27.3 Å². The Morgan fingerprint density at radius 1 is 1.71 bits per heavy atom. The Morgan fingerprint density at radius 2 is 2.36 bits per heavy atom. The molecule has 1 aromatic rings. The van der Waals surface area contributed by atoms with Crippen molar-refractivity contribution < 1.29 is 4.79 Å². The second kappa shape index (κ2) is 4.40. The minimum atomic E-state index is -0.508. The van der Waals surface area contributed by atoms with Crippen LogP contribution in [0.5, 0.6) is 0 Å². The van der Waals surface area contributed by atoms with Crippen LogP contribution in [-0.2, 0) is 11.3 Å². The molecule has 1 amide bonds. The SMILES string of the molecule is Cc1ncsc1CNC(=O)C(C)(C)Br. The molecule has 0 aliphatic rings. The largest absolute Gasteiger partial charge is 0.350 e. The van der Waals surface area contributed by atoms with Gasteiger partial charge in [-0.1, -0.05) is 15.9 Å². The molecular weight excluding hydrogens is 264 g/mol. The fourth-order valence-corrected chi connectivity index (χ4v) is 1.72. The molecule has 1 rings (SSSR count). The number of alkyl halides is 1. The van der Waals surface area contributed by atoms with Crippen molar-refractivity contribution in [2.45, 2.75) is 31.6 Å². The van der Waals surface area contributed by atoms with E-state index in [0.717, 1.165) is 10.6 Å². The molecule has 0 aliphatic heterocycles. The monoisotopic (exact) mass is 276 g/mol. The summed E-state index contributed by atoms with van der Waals surface area (Å²) in [6.07, 6.45) is 0. The van der Waals surface area contributed by atoms with Gasteiger partial charge in [0.05, 0.1) is 22.1 Å². The van der Waals surface area contributed by atoms with E-state index in [1.165, 1.54) is 0 Å². The third-order valence-corrected chi connectivity index (χ3v) is 3.09. The molecule has 0 saturated carbocycles. The van der Waals surface area contributed by atoms with Gasteiger partial charge in [0.25, 0.3) is 0 Å². The maximum Gasteiger partial charge on any atom is 0.236 e. The molecule has 0 aromatic carbocycles. The summed E-state index contributed by atoms with van der Waals surface area (Å²) in [7, 11) is 0. The van der Waals surface area contributed by atoms with Gasteiger partial charge in [-0.25, -0.2) is 4.98 Å². The summed E-state index contributed by atoms with van der Waals surface area (Å²) in [6, 6.07) is 0. The van der Waals surface area contributed by atoms with E-state index in [2.05, 4.69) is 26.2 Å². The van der Waals surface area contributed by atoms with E-state index in [1.54, 1.807) is 16.8 Å². The average Bonchev–Trinajstić information content (AvgIpc) is 2.45. The molecule has 0 unspecified atom stereocenters. The molecule has 0 bridgehead atoms. The molecule has 0 radical (unpaired) electrons. The summed E-state index contributed by atoms with van der Waals surface area (Å²) < 4.78 is -0.508. The topological polar surface area (TPSA) is 42.0 Å². The predicted molar refractivity (Wildman–Crippen MR) is 61.7 cm³/mol. The molecular formula is C9H13BrN2OS. The third kappa shape index (κ3) is 3.06. The van der Waals surface area contributed by atoms with Crippen LogP contribution in [0.2, 0.25) is 0 Å². The van der Waals surface area contributed by atoms with Gasteiger partial charge in [-0.2, -0.15) is 0 Å². The average molecular weight is 277 g/mol. The van der Waals surface area contributed by atoms with E-state index in [1.807, 2.05) is 20.8 Å². The molecule has 1 aromatic heterocycles. The van der Waals surface area contributed by atoms with Crippen molar-refractivity contribution in [3.05, 3.63) is 16.1 Å². The first kappa shape index (κ1) is 11.7. The lowest BCUT2D eigenvalue weighted by molar-refractivity contribution is -0.122. The molecule has 0 aliphatic carbocycles. The second-order valence-electron chi connectivity index (χ2n) is 3.52. The Hall–Kier alpha value is -0.420. The smallest absolute Gasteiger partial charge is 0.236 e. The van der Waals surface area contributed by atoms with Gasteiger partial charge in [0.1, 0.15) is 0 Å². The molecule has 1 N–H and O–H groups in total. The van der Waals surface area contributed by atoms with E-state index in [-0.39, 0.29) is 5.91 Å². The molecule has 78 valence electrons. The Balaban J connectivity index is 2.50. The van der Waals surface area contributed by atoms with E-state index in [0.29, 0.717) is 6.54 Å². The van der Waals surface area contributed by atoms with Gasteiger partial charge in [0.15, 0.2) is 0 Å². The van der Waals surface area contributed by atoms with E-state index in [4.69, 9.17) is 0 Å². The van der Waals surface area contributed by atoms with Crippen molar-refractivity contribution in [1.29, 1.82) is 0 Å². The Kier molecular flexibility index (Phi) is 3.66. The zero-order valence-electron chi connectivity index (χ0n) is 8.43. The zero-order valence-corrected chi connectivity index (χ0v) is 10.8. The fraction of sp³-hybridized carbons (Fsp3) is 0.556. The summed E-state index contributed by atoms with van der Waals surface area (Å²) in [5.74, 6) is -0.00898. The summed E-state index contributed by atoms with van der Waals surface area (Å²) in [4.78, 5) is 16.7. The molecule has 1 heterocycles. The minimum absolute atomic E-state index is 0.00898. The number of rotatable bonds is 3. The molecule has 0 atom stereocenters. The standard InChI is InChI=1S/C9H13BrN2OS/c1-6-7(14-5-12-6)4-11-8(13)9(2,3)10/h5H,4H2,1-3H3,(H,11,13). The number of hydrogen-bond donors (Lipinski definition) is 1. The van der Waals surface area contributed by atoms with Crippen molar-refractivity contribution in [3.8, 4) is 0 Å². The zero-order chi connectivity index (χ0) is 10.8. The molecule has 0 fully saturated rings. The van der Waals surface area contributed by atoms with E-state index < -0.39 is 4.32 Å². The van der Waals surface area contributed by atoms with Crippen LogP contribution < -0.4 is 5.32 Å². The van der Waals surface area contributed by atoms with Crippen LogP contribution in [0.4, 0.5) is 0 Å². The van der Waals surface area contributed by atoms with Gasteiger partial charge in [-0.3, -0.25) is 4.79 Å². The predicted octanol–water partition coefficient (Wildman–Crippen LogP) is 2.24. The number of thiazole rings is 1. The van der Waals surface area contributed by atoms with Gasteiger partial charge >= 0.3 is 0 Å². The number of nitrogens with one attached hydrogen (secondary N) is 1. The van der Waals surface area contributed by atoms with Gasteiger partial charge in [-0.05, 0) is 20.8 Å². The summed E-state index contributed by atoms with van der Waals surface area (Å²) in [5.41, 5.74) is 2.78. The van der Waals surface area contributed by atoms with Crippen LogP contribution in [0.3, 0.4) is 0 Å². The first-order chi connectivity index (χ1) is 6.41. The highest BCUT2D eigenvalue weighted by Gasteiger charge is 2.23. The first-order valence-electron chi connectivity index (χ1n) is 4.27. The molecule has 0 saturated heterocycles. The van der Waals surface area contributed by atoms with Crippen LogP contribution in [0.25, 0.3) is 0 Å². The number of hydrogen-bond acceptors (Lipinski definition) is 3. The van der Waals surface area contributed by atoms with Crippen LogP contribution in [0.15, 0.2) is 5.51 Å². The number of aryl methyl sites for hydroxylation is 1. The van der Waals surface area contributed by atoms with Crippen molar-refractivity contribution in [3.63, 3.8) is 0 Å². The van der Waals surface area contributed by atoms with Crippen molar-refractivity contribution in [2.24, 2.45) is 0 Å². The maximum absolute atomic E-state index is 11.5. The molecule has 5 heteroatoms. The van der Waals surface area contributed by atoms with Crippen LogP contribution in [0.1, 0.15) is 24.4 Å². The van der Waals surface area contributed by atoms with Gasteiger partial charge in [0.2, 0.25) is 5.91 Å². The number of aromatic nitrogens is 1.